The number of amides is 2. The number of carbonyl (C=O) groups is 3. The fraction of sp³-hybridized carbons (Fsp3) is 0.522. The number of aryl methyl sites for hydroxylation is 3. The molecule has 2 aliphatic rings. The molecule has 0 fully saturated rings. The highest BCUT2D eigenvalue weighted by Gasteiger charge is 2.40. The molecule has 0 spiro atoms. The number of anilines is 4. The minimum Gasteiger partial charge on any atom is -0.495 e. The second-order valence-electron chi connectivity index (χ2n) is 30.8. The lowest BCUT2D eigenvalue weighted by atomic mass is 10.0. The van der Waals surface area contributed by atoms with Gasteiger partial charge in [0.25, 0.3) is 31.9 Å². The Morgan fingerprint density at radius 1 is 0.483 bits per heavy atom. The van der Waals surface area contributed by atoms with Gasteiger partial charge in [0.15, 0.2) is 23.1 Å². The van der Waals surface area contributed by atoms with Crippen molar-refractivity contribution in [1.82, 2.24) is 18.1 Å². The van der Waals surface area contributed by atoms with Crippen LogP contribution in [-0.4, -0.2) is 162 Å². The molecule has 0 aliphatic carbocycles. The zero-order chi connectivity index (χ0) is 87.3. The van der Waals surface area contributed by atoms with E-state index in [2.05, 4.69) is 38.9 Å². The van der Waals surface area contributed by atoms with Crippen molar-refractivity contribution in [2.45, 2.75) is 238 Å². The number of likely N-dealkylation sites (N-methyl/N-ethyl adjacent to an activating group) is 2. The zero-order valence-electron chi connectivity index (χ0n) is 72.4. The van der Waals surface area contributed by atoms with E-state index in [-0.39, 0.29) is 75.1 Å². The van der Waals surface area contributed by atoms with Crippen LogP contribution in [0.5, 0.6) is 5.75 Å². The minimum absolute atomic E-state index is 0.00196. The minimum atomic E-state index is -4.13. The molecule has 0 atom stereocenters. The van der Waals surface area contributed by atoms with Crippen LogP contribution in [0.3, 0.4) is 0 Å². The summed E-state index contributed by atoms with van der Waals surface area (Å²) < 4.78 is 121. The van der Waals surface area contributed by atoms with Crippen molar-refractivity contribution in [2.75, 3.05) is 99.5 Å². The Bertz CT molecular complexity index is 4960. The van der Waals surface area contributed by atoms with E-state index in [4.69, 9.17) is 36.1 Å². The molecule has 2 amide bonds. The van der Waals surface area contributed by atoms with Gasteiger partial charge in [-0.15, -0.1) is 0 Å². The van der Waals surface area contributed by atoms with Crippen LogP contribution in [0.25, 0.3) is 0 Å². The highest BCUT2D eigenvalue weighted by molar-refractivity contribution is 7.90. The number of ether oxygens (including phenoxy) is 2. The number of hydrogen-bond donors (Lipinski definition) is 4. The summed E-state index contributed by atoms with van der Waals surface area (Å²) in [4.78, 5) is 65.1. The first-order valence-corrected chi connectivity index (χ1v) is 49.9. The summed E-state index contributed by atoms with van der Waals surface area (Å²) in [7, 11) is -12.1. The maximum absolute atomic E-state index is 14.5. The molecule has 0 unspecified atom stereocenters. The van der Waals surface area contributed by atoms with Crippen molar-refractivity contribution in [2.24, 2.45) is 20.0 Å². The molecule has 25 nitrogen and oxygen atoms in total. The lowest BCUT2D eigenvalue weighted by Gasteiger charge is -2.30. The third-order valence-electron chi connectivity index (χ3n) is 21.2. The number of benzene rings is 6. The van der Waals surface area contributed by atoms with Gasteiger partial charge in [-0.2, -0.15) is 0 Å². The number of aliphatic imine (C=N–C) groups is 4. The first-order valence-electron chi connectivity index (χ1n) is 42.8. The molecule has 6 aromatic rings. The van der Waals surface area contributed by atoms with Crippen LogP contribution in [0, 0.1) is 20.8 Å². The summed E-state index contributed by atoms with van der Waals surface area (Å²) in [6.45, 7) is 16.8. The molecule has 2 heterocycles. The summed E-state index contributed by atoms with van der Waals surface area (Å²) in [6, 6.07) is 33.4. The second kappa shape index (κ2) is 50.1. The smallest absolute Gasteiger partial charge is 0.338 e. The molecule has 0 saturated heterocycles. The molecule has 2 aliphatic heterocycles. The van der Waals surface area contributed by atoms with Crippen LogP contribution in [0.1, 0.15) is 235 Å². The third kappa shape index (κ3) is 31.4. The standard InChI is InChI=1S/C46H67ClN6O6S2.C44H62N6O7S2/c1-6-8-9-10-11-12-13-14-15-16-17-18-19-20-21-24-32-53-45(50-40-25-22-23-26-43(40)61(53,57)58)44(46(54)51-41-35-37(47)27-30-42(41)59-4)49-39-29-28-38(34-36(39)3)52(7-2)33-31-48-60(5,55)56;1-7-9-10-11-12-13-14-15-16-17-18-21-30-57-44(52)35-25-24-33(3)39(32-35)48-43(51)41(42-47-38-22-19-20-23-40(38)59(55,56)49(42)5)46-37-27-26-36(31-34(37)4)50(8-2)29-28-45-58(6,53)54/h22-23,25-30,34-35,48H,6-21,24,31-33H2,1-5H3,(H,51,54);19-20,22-27,31-32,45H,7-18,21,28-30H2,1-6H3,(H,48,51). The fourth-order valence-electron chi connectivity index (χ4n) is 14.2. The van der Waals surface area contributed by atoms with E-state index in [0.29, 0.717) is 83.7 Å². The van der Waals surface area contributed by atoms with E-state index in [1.807, 2.05) is 55.7 Å². The summed E-state index contributed by atoms with van der Waals surface area (Å²) in [5.74, 6) is -1.83. The molecule has 4 N–H and O–H groups in total. The molecular weight excluding hydrogens is 1620 g/mol. The number of rotatable bonds is 52. The molecule has 0 bridgehead atoms. The van der Waals surface area contributed by atoms with Crippen LogP contribution in [0.2, 0.25) is 5.02 Å². The first kappa shape index (κ1) is 98.5. The quantitative estimate of drug-likeness (QED) is 0.0157. The van der Waals surface area contributed by atoms with Gasteiger partial charge in [0.2, 0.25) is 20.0 Å². The summed E-state index contributed by atoms with van der Waals surface area (Å²) in [6.07, 6.45) is 35.9. The first-order chi connectivity index (χ1) is 57.4. The second-order valence-corrected chi connectivity index (χ2v) is 38.7. The number of nitrogens with zero attached hydrogens (tertiary/aromatic N) is 8. The van der Waals surface area contributed by atoms with E-state index < -0.39 is 57.9 Å². The molecule has 120 heavy (non-hydrogen) atoms. The Morgan fingerprint density at radius 3 is 1.34 bits per heavy atom. The van der Waals surface area contributed by atoms with Gasteiger partial charge >= 0.3 is 5.97 Å². The Morgan fingerprint density at radius 2 is 0.900 bits per heavy atom. The monoisotopic (exact) mass is 1750 g/mol. The average Bonchev–Trinajstić information content (AvgIpc) is 0.753. The van der Waals surface area contributed by atoms with Crippen LogP contribution < -0.4 is 34.6 Å². The normalized spacial score (nSPS) is 13.8. The Hall–Kier alpha value is -8.58. The van der Waals surface area contributed by atoms with Crippen LogP contribution in [0.4, 0.5) is 45.5 Å². The molecule has 30 heteroatoms. The predicted octanol–water partition coefficient (Wildman–Crippen LogP) is 19.4. The summed E-state index contributed by atoms with van der Waals surface area (Å²) in [5.41, 5.74) is 5.34. The fourth-order valence-corrected chi connectivity index (χ4v) is 18.2. The summed E-state index contributed by atoms with van der Waals surface area (Å²) in [5, 5.41) is 6.09. The number of hydrogen-bond acceptors (Lipinski definition) is 19. The van der Waals surface area contributed by atoms with E-state index >= 15 is 0 Å². The number of sulfonamides is 4. The maximum Gasteiger partial charge on any atom is 0.338 e. The van der Waals surface area contributed by atoms with Crippen molar-refractivity contribution >= 4 is 138 Å². The van der Waals surface area contributed by atoms with Crippen molar-refractivity contribution in [3.05, 3.63) is 149 Å². The van der Waals surface area contributed by atoms with E-state index in [0.717, 1.165) is 73.1 Å². The number of fused-ring (bicyclic) bond motifs is 2. The van der Waals surface area contributed by atoms with Crippen LogP contribution >= 0.6 is 11.6 Å². The number of unbranched alkanes of at least 4 members (excludes halogenated alkanes) is 26. The number of nitrogens with one attached hydrogen (secondary N) is 4. The topological polar surface area (TPSA) is 317 Å². The Labute approximate surface area is 720 Å². The van der Waals surface area contributed by atoms with Crippen LogP contribution in [0.15, 0.2) is 151 Å². The molecule has 6 aromatic carbocycles. The highest BCUT2D eigenvalue weighted by atomic mass is 35.5. The molecule has 658 valence electrons. The SMILES string of the molecule is CCCCCCCCCCCCCCCCCCN1C(C(=Nc2ccc(N(CC)CCNS(C)(=O)=O)cc2C)C(=O)Nc2cc(Cl)ccc2OC)=Nc2ccccc2S1(=O)=O.CCCCCCCCCCCCCCOC(=O)c1ccc(C)c(NC(=O)C(=Nc2ccc(N(CC)CCNS(C)(=O)=O)cc2C)C2=Nc3ccccc3S(=O)(=O)N2C)c1. The van der Waals surface area contributed by atoms with Gasteiger partial charge in [0.05, 0.1) is 60.2 Å². The number of esters is 1. The van der Waals surface area contributed by atoms with E-state index in [9.17, 15) is 48.1 Å². The van der Waals surface area contributed by atoms with E-state index in [1.165, 1.54) is 159 Å². The number of halogens is 1. The van der Waals surface area contributed by atoms with Gasteiger partial charge < -0.3 is 29.9 Å². The number of amidine groups is 2. The molecule has 8 rings (SSSR count). The Kier molecular flexibility index (Phi) is 41.1. The largest absolute Gasteiger partial charge is 0.495 e. The molecule has 0 saturated carbocycles. The van der Waals surface area contributed by atoms with Crippen LogP contribution in [-0.2, 0) is 54.4 Å². The third-order valence-corrected chi connectivity index (χ3v) is 26.5. The Balaban J connectivity index is 0.000000331. The summed E-state index contributed by atoms with van der Waals surface area (Å²) >= 11 is 6.33. The van der Waals surface area contributed by atoms with Crippen molar-refractivity contribution in [1.29, 1.82) is 0 Å². The van der Waals surface area contributed by atoms with E-state index in [1.54, 1.807) is 97.9 Å². The number of carbonyl (C=O) groups excluding carboxylic acids is 3. The van der Waals surface area contributed by atoms with Crippen molar-refractivity contribution in [3.63, 3.8) is 0 Å². The van der Waals surface area contributed by atoms with Crippen molar-refractivity contribution in [3.8, 4) is 5.75 Å². The number of para-hydroxylation sites is 2. The van der Waals surface area contributed by atoms with Gasteiger partial charge in [-0.25, -0.2) is 72.2 Å². The van der Waals surface area contributed by atoms with Gasteiger partial charge in [-0.05, 0) is 155 Å². The molecular formula is C90H129ClN12O13S4. The molecule has 0 radical (unpaired) electrons. The highest BCUT2D eigenvalue weighted by Crippen LogP contribution is 2.37. The van der Waals surface area contributed by atoms with Gasteiger partial charge in [0, 0.05) is 74.9 Å². The lowest BCUT2D eigenvalue weighted by molar-refractivity contribution is -0.111. The number of methoxy groups -OCH3 is 1. The zero-order valence-corrected chi connectivity index (χ0v) is 76.4. The van der Waals surface area contributed by atoms with Crippen molar-refractivity contribution < 1.29 is 57.5 Å². The predicted molar refractivity (Wildman–Crippen MR) is 491 cm³/mol. The van der Waals surface area contributed by atoms with Gasteiger partial charge in [-0.3, -0.25) is 13.9 Å². The van der Waals surface area contributed by atoms with Gasteiger partial charge in [0.1, 0.15) is 15.5 Å². The molecule has 0 aromatic heterocycles. The lowest BCUT2D eigenvalue weighted by Crippen LogP contribution is -2.47. The maximum atomic E-state index is 14.5. The van der Waals surface area contributed by atoms with Gasteiger partial charge in [-0.1, -0.05) is 223 Å². The average molecular weight is 1750 g/mol.